The molecule has 120 valence electrons. The van der Waals surface area contributed by atoms with Gasteiger partial charge < -0.3 is 15.1 Å². The molecule has 0 radical (unpaired) electrons. The fraction of sp³-hybridized carbons (Fsp3) is 0.333. The van der Waals surface area contributed by atoms with Crippen LogP contribution in [0.25, 0.3) is 0 Å². The number of rotatable bonds is 7. The lowest BCUT2D eigenvalue weighted by Gasteiger charge is -2.22. The smallest absolute Gasteiger partial charge is 0.176 e. The van der Waals surface area contributed by atoms with Gasteiger partial charge in [0.1, 0.15) is 11.6 Å². The van der Waals surface area contributed by atoms with Crippen molar-refractivity contribution in [2.75, 3.05) is 31.2 Å². The van der Waals surface area contributed by atoms with Crippen LogP contribution in [-0.4, -0.2) is 40.9 Å². The molecule has 0 aliphatic carbocycles. The normalized spacial score (nSPS) is 10.9. The van der Waals surface area contributed by atoms with Gasteiger partial charge in [0.15, 0.2) is 5.00 Å². The molecule has 2 rings (SSSR count). The fourth-order valence-electron chi connectivity index (χ4n) is 2.00. The number of azo groups is 1. The molecule has 1 aromatic heterocycles. The van der Waals surface area contributed by atoms with Gasteiger partial charge in [-0.3, -0.25) is 0 Å². The Morgan fingerprint density at radius 3 is 2.39 bits per heavy atom. The highest BCUT2D eigenvalue weighted by molar-refractivity contribution is 7.10. The highest BCUT2D eigenvalue weighted by atomic mass is 32.1. The van der Waals surface area contributed by atoms with Crippen molar-refractivity contribution in [1.29, 1.82) is 5.26 Å². The number of hydrogen-bond acceptors (Lipinski definition) is 8. The molecule has 0 saturated carbocycles. The number of nitrogens with zero attached hydrogens (tertiary/aromatic N) is 5. The van der Waals surface area contributed by atoms with Crippen LogP contribution in [0.15, 0.2) is 34.5 Å². The number of aliphatic hydroxyl groups excluding tert-OH is 2. The van der Waals surface area contributed by atoms with Crippen LogP contribution in [-0.2, 0) is 0 Å². The van der Waals surface area contributed by atoms with Crippen LogP contribution in [0.2, 0.25) is 0 Å². The molecule has 0 spiro atoms. The van der Waals surface area contributed by atoms with E-state index in [4.69, 9.17) is 15.5 Å². The van der Waals surface area contributed by atoms with E-state index in [9.17, 15) is 0 Å². The van der Waals surface area contributed by atoms with E-state index >= 15 is 0 Å². The largest absolute Gasteiger partial charge is 0.395 e. The molecule has 1 heterocycles. The van der Waals surface area contributed by atoms with Gasteiger partial charge in [0.05, 0.1) is 24.6 Å². The molecule has 0 unspecified atom stereocenters. The highest BCUT2D eigenvalue weighted by Gasteiger charge is 2.09. The SMILES string of the molecule is Cc1nsc(/N=N/c2ccc(N(CCO)CCO)cc2)c1C#N. The van der Waals surface area contributed by atoms with Crippen LogP contribution in [0.5, 0.6) is 0 Å². The quantitative estimate of drug-likeness (QED) is 0.758. The number of benzene rings is 1. The Labute approximate surface area is 138 Å². The van der Waals surface area contributed by atoms with Gasteiger partial charge in [0, 0.05) is 18.8 Å². The van der Waals surface area contributed by atoms with Crippen molar-refractivity contribution in [3.8, 4) is 6.07 Å². The monoisotopic (exact) mass is 331 g/mol. The summed E-state index contributed by atoms with van der Waals surface area (Å²) in [7, 11) is 0. The Morgan fingerprint density at radius 1 is 1.17 bits per heavy atom. The zero-order chi connectivity index (χ0) is 16.7. The van der Waals surface area contributed by atoms with Gasteiger partial charge >= 0.3 is 0 Å². The van der Waals surface area contributed by atoms with E-state index in [1.54, 1.807) is 19.1 Å². The second kappa shape index (κ2) is 8.33. The standard InChI is InChI=1S/C15H17N5O2S/c1-11-14(10-16)15(23-19-11)18-17-12-2-4-13(5-3-12)20(6-8-21)7-9-22/h2-5,21-22H,6-9H2,1H3/b18-17+. The minimum Gasteiger partial charge on any atom is -0.395 e. The van der Waals surface area contributed by atoms with Gasteiger partial charge in [-0.25, -0.2) is 0 Å². The van der Waals surface area contributed by atoms with Crippen LogP contribution in [0.4, 0.5) is 16.4 Å². The molecular weight excluding hydrogens is 314 g/mol. The van der Waals surface area contributed by atoms with Crippen molar-refractivity contribution in [2.45, 2.75) is 6.92 Å². The summed E-state index contributed by atoms with van der Waals surface area (Å²) >= 11 is 1.14. The van der Waals surface area contributed by atoms with Gasteiger partial charge in [0.25, 0.3) is 0 Å². The lowest BCUT2D eigenvalue weighted by Crippen LogP contribution is -2.29. The Hall–Kier alpha value is -2.34. The second-order valence-corrected chi connectivity index (χ2v) is 5.46. The van der Waals surface area contributed by atoms with Gasteiger partial charge in [-0.2, -0.15) is 9.64 Å². The summed E-state index contributed by atoms with van der Waals surface area (Å²) in [6.45, 7) is 2.70. The van der Waals surface area contributed by atoms with E-state index in [-0.39, 0.29) is 13.2 Å². The fourth-order valence-corrected chi connectivity index (χ4v) is 2.68. The lowest BCUT2D eigenvalue weighted by atomic mass is 10.2. The second-order valence-electron chi connectivity index (χ2n) is 4.71. The molecule has 8 heteroatoms. The van der Waals surface area contributed by atoms with Gasteiger partial charge in [-0.1, -0.05) is 0 Å². The Kier molecular flexibility index (Phi) is 6.17. The van der Waals surface area contributed by atoms with Crippen molar-refractivity contribution in [2.24, 2.45) is 10.2 Å². The Bertz CT molecular complexity index is 700. The molecule has 23 heavy (non-hydrogen) atoms. The van der Waals surface area contributed by atoms with E-state index in [0.717, 1.165) is 17.2 Å². The molecule has 0 bridgehead atoms. The average Bonchev–Trinajstić information content (AvgIpc) is 2.93. The predicted molar refractivity (Wildman–Crippen MR) is 88.6 cm³/mol. The highest BCUT2D eigenvalue weighted by Crippen LogP contribution is 2.29. The van der Waals surface area contributed by atoms with Crippen LogP contribution in [0, 0.1) is 18.3 Å². The Morgan fingerprint density at radius 2 is 1.83 bits per heavy atom. The molecule has 0 fully saturated rings. The summed E-state index contributed by atoms with van der Waals surface area (Å²) in [5.41, 5.74) is 2.65. The first-order valence-electron chi connectivity index (χ1n) is 7.04. The van der Waals surface area contributed by atoms with Gasteiger partial charge in [0.2, 0.25) is 0 Å². The van der Waals surface area contributed by atoms with Crippen molar-refractivity contribution >= 4 is 27.9 Å². The third-order valence-electron chi connectivity index (χ3n) is 3.17. The van der Waals surface area contributed by atoms with Crippen molar-refractivity contribution in [3.05, 3.63) is 35.5 Å². The molecule has 0 amide bonds. The molecule has 2 aromatic rings. The summed E-state index contributed by atoms with van der Waals surface area (Å²) in [6, 6.07) is 9.36. The molecule has 1 aromatic carbocycles. The summed E-state index contributed by atoms with van der Waals surface area (Å²) in [6.07, 6.45) is 0. The predicted octanol–water partition coefficient (Wildman–Crippen LogP) is 2.53. The van der Waals surface area contributed by atoms with E-state index in [2.05, 4.69) is 20.7 Å². The van der Waals surface area contributed by atoms with E-state index in [1.165, 1.54) is 0 Å². The van der Waals surface area contributed by atoms with E-state index in [1.807, 2.05) is 17.0 Å². The molecule has 0 aliphatic rings. The lowest BCUT2D eigenvalue weighted by molar-refractivity contribution is 0.281. The maximum absolute atomic E-state index is 9.05. The number of aliphatic hydroxyl groups is 2. The first-order valence-corrected chi connectivity index (χ1v) is 7.81. The maximum atomic E-state index is 9.05. The number of nitriles is 1. The zero-order valence-electron chi connectivity index (χ0n) is 12.7. The number of aromatic nitrogens is 1. The molecule has 0 saturated heterocycles. The summed E-state index contributed by atoms with van der Waals surface area (Å²) in [5.74, 6) is 0. The molecular formula is C15H17N5O2S. The van der Waals surface area contributed by atoms with Gasteiger partial charge in [-0.05, 0) is 42.7 Å². The first-order chi connectivity index (χ1) is 11.2. The van der Waals surface area contributed by atoms with Crippen LogP contribution >= 0.6 is 11.5 Å². The molecule has 0 atom stereocenters. The first kappa shape index (κ1) is 17.0. The summed E-state index contributed by atoms with van der Waals surface area (Å²) in [5, 5.41) is 35.9. The van der Waals surface area contributed by atoms with E-state index in [0.29, 0.717) is 35.0 Å². The molecule has 7 nitrogen and oxygen atoms in total. The van der Waals surface area contributed by atoms with Crippen LogP contribution < -0.4 is 4.90 Å². The molecule has 2 N–H and O–H groups in total. The van der Waals surface area contributed by atoms with Crippen LogP contribution in [0.3, 0.4) is 0 Å². The summed E-state index contributed by atoms with van der Waals surface area (Å²) in [4.78, 5) is 1.88. The van der Waals surface area contributed by atoms with E-state index < -0.39 is 0 Å². The van der Waals surface area contributed by atoms with Crippen molar-refractivity contribution in [3.63, 3.8) is 0 Å². The van der Waals surface area contributed by atoms with Crippen molar-refractivity contribution in [1.82, 2.24) is 4.37 Å². The number of anilines is 1. The maximum Gasteiger partial charge on any atom is 0.176 e. The topological polar surface area (TPSA) is 105 Å². The third kappa shape index (κ3) is 4.32. The number of aryl methyl sites for hydroxylation is 1. The van der Waals surface area contributed by atoms with Crippen molar-refractivity contribution < 1.29 is 10.2 Å². The van der Waals surface area contributed by atoms with Gasteiger partial charge in [-0.15, -0.1) is 10.2 Å². The third-order valence-corrected chi connectivity index (χ3v) is 3.99. The molecule has 0 aliphatic heterocycles. The minimum atomic E-state index is 0.0170. The minimum absolute atomic E-state index is 0.0170. The Balaban J connectivity index is 2.13. The number of hydrogen-bond donors (Lipinski definition) is 2. The average molecular weight is 331 g/mol. The zero-order valence-corrected chi connectivity index (χ0v) is 13.5. The summed E-state index contributed by atoms with van der Waals surface area (Å²) < 4.78 is 4.09. The van der Waals surface area contributed by atoms with Crippen LogP contribution in [0.1, 0.15) is 11.3 Å².